The van der Waals surface area contributed by atoms with E-state index in [1.807, 2.05) is 36.9 Å². The van der Waals surface area contributed by atoms with Crippen molar-refractivity contribution in [3.63, 3.8) is 0 Å². The van der Waals surface area contributed by atoms with Crippen molar-refractivity contribution in [2.24, 2.45) is 0 Å². The number of sulfone groups is 1. The normalized spacial score (nSPS) is 13.5. The number of aromatic nitrogens is 3. The van der Waals surface area contributed by atoms with Gasteiger partial charge in [0.15, 0.2) is 0 Å². The maximum Gasteiger partial charge on any atom is 0.276 e. The summed E-state index contributed by atoms with van der Waals surface area (Å²) >= 11 is 1.15. The van der Waals surface area contributed by atoms with Gasteiger partial charge in [0.2, 0.25) is 15.8 Å². The number of pyridine rings is 1. The van der Waals surface area contributed by atoms with E-state index in [0.29, 0.717) is 41.3 Å². The van der Waals surface area contributed by atoms with E-state index in [1.54, 1.807) is 52.5 Å². The van der Waals surface area contributed by atoms with Crippen LogP contribution in [0.15, 0.2) is 98.3 Å². The third-order valence-electron chi connectivity index (χ3n) is 7.82. The van der Waals surface area contributed by atoms with Gasteiger partial charge < -0.3 is 15.5 Å². The molecule has 0 saturated carbocycles. The molecule has 2 aromatic carbocycles. The van der Waals surface area contributed by atoms with Crippen molar-refractivity contribution >= 4 is 55.1 Å². The molecule has 0 amide bonds. The van der Waals surface area contributed by atoms with E-state index in [1.165, 1.54) is 11.1 Å². The van der Waals surface area contributed by atoms with Crippen LogP contribution in [0.25, 0.3) is 16.6 Å². The Morgan fingerprint density at radius 2 is 1.82 bits per heavy atom. The summed E-state index contributed by atoms with van der Waals surface area (Å²) in [6.45, 7) is 7.18. The summed E-state index contributed by atoms with van der Waals surface area (Å²) in [7, 11) is -3.77. The molecule has 11 heteroatoms. The number of rotatable bonds is 10. The van der Waals surface area contributed by atoms with Gasteiger partial charge in [0, 0.05) is 42.5 Å². The molecule has 9 nitrogen and oxygen atoms in total. The number of anilines is 3. The number of nitrogens with one attached hydrogen (secondary N) is 2. The van der Waals surface area contributed by atoms with Crippen molar-refractivity contribution in [3.05, 3.63) is 106 Å². The fourth-order valence-electron chi connectivity index (χ4n) is 5.47. The predicted octanol–water partition coefficient (Wildman–Crippen LogP) is 5.70. The van der Waals surface area contributed by atoms with Crippen LogP contribution in [-0.4, -0.2) is 49.1 Å². The largest absolute Gasteiger partial charge is 0.368 e. The highest BCUT2D eigenvalue weighted by atomic mass is 32.2. The van der Waals surface area contributed by atoms with Crippen LogP contribution in [0.1, 0.15) is 31.4 Å². The Kier molecular flexibility index (Phi) is 8.60. The van der Waals surface area contributed by atoms with Gasteiger partial charge >= 0.3 is 0 Å². The first-order chi connectivity index (χ1) is 21.4. The lowest BCUT2D eigenvalue weighted by Gasteiger charge is -2.22. The van der Waals surface area contributed by atoms with Gasteiger partial charge in [-0.05, 0) is 79.7 Å². The molecular formula is C33H34N6O3S2. The molecule has 226 valence electrons. The Labute approximate surface area is 260 Å². The van der Waals surface area contributed by atoms with Crippen LogP contribution < -0.4 is 21.1 Å². The second kappa shape index (κ2) is 12.7. The zero-order valence-corrected chi connectivity index (χ0v) is 26.3. The minimum atomic E-state index is -3.77. The monoisotopic (exact) mass is 626 g/mol. The summed E-state index contributed by atoms with van der Waals surface area (Å²) in [5, 5.41) is 9.05. The molecule has 3 aromatic heterocycles. The van der Waals surface area contributed by atoms with Crippen LogP contribution in [0.5, 0.6) is 0 Å². The van der Waals surface area contributed by atoms with Crippen molar-refractivity contribution in [1.29, 1.82) is 0 Å². The van der Waals surface area contributed by atoms with E-state index in [-0.39, 0.29) is 21.2 Å². The standard InChI is InChI=1S/C33H34N6O3S2/c1-3-38(4-2)29-20-26-21-35-33(36-27-12-10-23(11-13-27)24-14-17-34-18-15-24)37-30(26)39(31(29)40)22-25-16-19-43-32(25)44(41,42)28-8-6-5-7-9-28/h5-14,16,19-21,34H,3-4,15,17-18,22H2,1-2H3,(H,35,36,37). The molecule has 0 unspecified atom stereocenters. The molecule has 0 atom stereocenters. The summed E-state index contributed by atoms with van der Waals surface area (Å²) < 4.78 is 28.9. The number of benzene rings is 2. The van der Waals surface area contributed by atoms with Crippen LogP contribution in [0, 0.1) is 0 Å². The molecular weight excluding hydrogens is 593 g/mol. The maximum absolute atomic E-state index is 14.0. The first-order valence-electron chi connectivity index (χ1n) is 14.7. The van der Waals surface area contributed by atoms with Crippen molar-refractivity contribution in [2.45, 2.75) is 35.9 Å². The lowest BCUT2D eigenvalue weighted by atomic mass is 10.0. The van der Waals surface area contributed by atoms with Gasteiger partial charge in [-0.25, -0.2) is 13.4 Å². The summed E-state index contributed by atoms with van der Waals surface area (Å²) in [4.78, 5) is 25.6. The van der Waals surface area contributed by atoms with Gasteiger partial charge in [0.1, 0.15) is 15.5 Å². The number of nitrogens with zero attached hydrogens (tertiary/aromatic N) is 4. The van der Waals surface area contributed by atoms with Gasteiger partial charge in [-0.3, -0.25) is 9.36 Å². The van der Waals surface area contributed by atoms with E-state index in [4.69, 9.17) is 4.98 Å². The van der Waals surface area contributed by atoms with Crippen molar-refractivity contribution < 1.29 is 8.42 Å². The molecule has 0 aliphatic carbocycles. The van der Waals surface area contributed by atoms with E-state index >= 15 is 0 Å². The Morgan fingerprint density at radius 1 is 1.05 bits per heavy atom. The van der Waals surface area contributed by atoms with E-state index in [2.05, 4.69) is 33.8 Å². The molecule has 6 rings (SSSR count). The molecule has 1 aliphatic rings. The van der Waals surface area contributed by atoms with Crippen molar-refractivity contribution in [2.75, 3.05) is 36.4 Å². The smallest absolute Gasteiger partial charge is 0.276 e. The highest BCUT2D eigenvalue weighted by Gasteiger charge is 2.24. The van der Waals surface area contributed by atoms with E-state index < -0.39 is 9.84 Å². The second-order valence-corrected chi connectivity index (χ2v) is 13.6. The van der Waals surface area contributed by atoms with Gasteiger partial charge in [0.25, 0.3) is 5.56 Å². The molecule has 44 heavy (non-hydrogen) atoms. The third kappa shape index (κ3) is 5.90. The Hall–Kier alpha value is -4.32. The minimum Gasteiger partial charge on any atom is -0.368 e. The average molecular weight is 627 g/mol. The van der Waals surface area contributed by atoms with Crippen LogP contribution in [-0.2, 0) is 16.4 Å². The quantitative estimate of drug-likeness (QED) is 0.203. The molecule has 0 radical (unpaired) electrons. The summed E-state index contributed by atoms with van der Waals surface area (Å²) in [6, 6.07) is 20.1. The molecule has 2 N–H and O–H groups in total. The summed E-state index contributed by atoms with van der Waals surface area (Å²) in [5.74, 6) is 0.345. The number of thiophene rings is 1. The van der Waals surface area contributed by atoms with Gasteiger partial charge in [-0.15, -0.1) is 11.3 Å². The third-order valence-corrected chi connectivity index (χ3v) is 11.2. The molecule has 0 bridgehead atoms. The Morgan fingerprint density at radius 3 is 2.52 bits per heavy atom. The fourth-order valence-corrected chi connectivity index (χ4v) is 8.28. The average Bonchev–Trinajstić information content (AvgIpc) is 3.54. The van der Waals surface area contributed by atoms with E-state index in [9.17, 15) is 13.2 Å². The molecule has 0 saturated heterocycles. The Bertz CT molecular complexity index is 1980. The molecule has 0 spiro atoms. The first kappa shape index (κ1) is 29.7. The predicted molar refractivity (Wildman–Crippen MR) is 178 cm³/mol. The van der Waals surface area contributed by atoms with Gasteiger partial charge in [-0.2, -0.15) is 4.98 Å². The molecule has 4 heterocycles. The van der Waals surface area contributed by atoms with Gasteiger partial charge in [0.05, 0.1) is 11.4 Å². The van der Waals surface area contributed by atoms with Crippen molar-refractivity contribution in [3.8, 4) is 0 Å². The molecule has 5 aromatic rings. The first-order valence-corrected chi connectivity index (χ1v) is 17.0. The summed E-state index contributed by atoms with van der Waals surface area (Å²) in [6.07, 6.45) is 4.91. The van der Waals surface area contributed by atoms with Gasteiger partial charge in [-0.1, -0.05) is 36.4 Å². The zero-order chi connectivity index (χ0) is 30.7. The topological polar surface area (TPSA) is 109 Å². The highest BCUT2D eigenvalue weighted by molar-refractivity contribution is 7.93. The summed E-state index contributed by atoms with van der Waals surface area (Å²) in [5.41, 5.74) is 4.59. The maximum atomic E-state index is 14.0. The minimum absolute atomic E-state index is 0.0461. The van der Waals surface area contributed by atoms with Crippen molar-refractivity contribution in [1.82, 2.24) is 19.9 Å². The number of fused-ring (bicyclic) bond motifs is 1. The fraction of sp³-hybridized carbons (Fsp3) is 0.242. The van der Waals surface area contributed by atoms with Crippen LogP contribution in [0.3, 0.4) is 0 Å². The number of hydrogen-bond acceptors (Lipinski definition) is 9. The lowest BCUT2D eigenvalue weighted by molar-refractivity contribution is 0.596. The second-order valence-electron chi connectivity index (χ2n) is 10.5. The number of hydrogen-bond donors (Lipinski definition) is 2. The molecule has 0 fully saturated rings. The SMILES string of the molecule is CCN(CC)c1cc2cnc(Nc3ccc(C4=CCNCC4)cc3)nc2n(Cc2ccsc2S(=O)(=O)c2ccccc2)c1=O. The zero-order valence-electron chi connectivity index (χ0n) is 24.7. The van der Waals surface area contributed by atoms with E-state index in [0.717, 1.165) is 36.5 Å². The lowest BCUT2D eigenvalue weighted by Crippen LogP contribution is -2.33. The Balaban J connectivity index is 1.40. The molecule has 1 aliphatic heterocycles. The van der Waals surface area contributed by atoms with Crippen LogP contribution in [0.4, 0.5) is 17.3 Å². The van der Waals surface area contributed by atoms with Crippen LogP contribution >= 0.6 is 11.3 Å². The highest BCUT2D eigenvalue weighted by Crippen LogP contribution is 2.31. The van der Waals surface area contributed by atoms with Crippen LogP contribution in [0.2, 0.25) is 0 Å².